The predicted molar refractivity (Wildman–Crippen MR) is 73.0 cm³/mol. The number of hydrogen-bond donors (Lipinski definition) is 2. The van der Waals surface area contributed by atoms with Gasteiger partial charge in [-0.05, 0) is 19.9 Å². The molecule has 2 heterocycles. The smallest absolute Gasteiger partial charge is 0.373 e. The van der Waals surface area contributed by atoms with E-state index in [0.717, 1.165) is 0 Å². The van der Waals surface area contributed by atoms with E-state index < -0.39 is 36.1 Å². The van der Waals surface area contributed by atoms with Gasteiger partial charge in [-0.15, -0.1) is 0 Å². The minimum Gasteiger partial charge on any atom is -0.480 e. The van der Waals surface area contributed by atoms with Gasteiger partial charge in [-0.3, -0.25) is 0 Å². The van der Waals surface area contributed by atoms with Crippen molar-refractivity contribution in [1.82, 2.24) is 0 Å². The van der Waals surface area contributed by atoms with Crippen LogP contribution in [0.25, 0.3) is 0 Å². The molecule has 2 aliphatic heterocycles. The van der Waals surface area contributed by atoms with Crippen molar-refractivity contribution in [1.29, 1.82) is 0 Å². The van der Waals surface area contributed by atoms with Crippen LogP contribution in [0.5, 0.6) is 0 Å². The standard InChI is InChI=1S/C14H23NO6/c1-7-8(15)5-9(13(17)18-4)20-12(7)11(16)10-6-19-14(2,3)21-10/h5,7-8,10-12,16H,6,15H2,1-4H3/t7-,8+,10-,11-,12-/m1/s1. The van der Waals surface area contributed by atoms with Gasteiger partial charge in [-0.2, -0.15) is 0 Å². The van der Waals surface area contributed by atoms with Crippen LogP contribution in [0.2, 0.25) is 0 Å². The highest BCUT2D eigenvalue weighted by Gasteiger charge is 2.45. The summed E-state index contributed by atoms with van der Waals surface area (Å²) in [6, 6.07) is -0.414. The molecule has 0 aromatic heterocycles. The molecule has 0 saturated carbocycles. The van der Waals surface area contributed by atoms with Crippen molar-refractivity contribution in [3.63, 3.8) is 0 Å². The predicted octanol–water partition coefficient (Wildman–Crippen LogP) is -0.0821. The topological polar surface area (TPSA) is 100 Å². The maximum atomic E-state index is 11.6. The van der Waals surface area contributed by atoms with E-state index in [9.17, 15) is 9.90 Å². The molecular weight excluding hydrogens is 278 g/mol. The monoisotopic (exact) mass is 301 g/mol. The maximum absolute atomic E-state index is 11.6. The molecule has 3 N–H and O–H groups in total. The molecule has 0 radical (unpaired) electrons. The fourth-order valence-electron chi connectivity index (χ4n) is 2.53. The minimum atomic E-state index is -0.957. The Morgan fingerprint density at radius 1 is 1.57 bits per heavy atom. The van der Waals surface area contributed by atoms with E-state index in [-0.39, 0.29) is 18.3 Å². The zero-order valence-corrected chi connectivity index (χ0v) is 12.7. The number of nitrogens with two attached hydrogens (primary N) is 1. The van der Waals surface area contributed by atoms with Gasteiger partial charge in [0.1, 0.15) is 18.3 Å². The van der Waals surface area contributed by atoms with Crippen LogP contribution in [-0.2, 0) is 23.7 Å². The molecule has 0 aliphatic carbocycles. The zero-order chi connectivity index (χ0) is 15.8. The molecule has 120 valence electrons. The Kier molecular flexibility index (Phi) is 4.57. The van der Waals surface area contributed by atoms with Crippen LogP contribution < -0.4 is 5.73 Å². The van der Waals surface area contributed by atoms with Crippen molar-refractivity contribution in [2.24, 2.45) is 11.7 Å². The summed E-state index contributed by atoms with van der Waals surface area (Å²) in [7, 11) is 1.26. The van der Waals surface area contributed by atoms with Gasteiger partial charge in [0.15, 0.2) is 5.79 Å². The van der Waals surface area contributed by atoms with E-state index in [2.05, 4.69) is 4.74 Å². The van der Waals surface area contributed by atoms with Crippen molar-refractivity contribution >= 4 is 5.97 Å². The third kappa shape index (κ3) is 3.37. The molecule has 0 aromatic rings. The summed E-state index contributed by atoms with van der Waals surface area (Å²) in [4.78, 5) is 11.6. The van der Waals surface area contributed by atoms with Gasteiger partial charge in [0.25, 0.3) is 0 Å². The van der Waals surface area contributed by atoms with Gasteiger partial charge < -0.3 is 29.8 Å². The van der Waals surface area contributed by atoms with Crippen molar-refractivity contribution in [2.45, 2.75) is 50.9 Å². The molecule has 1 fully saturated rings. The highest BCUT2D eigenvalue weighted by atomic mass is 16.7. The van der Waals surface area contributed by atoms with E-state index in [1.807, 2.05) is 6.92 Å². The summed E-state index contributed by atoms with van der Waals surface area (Å²) >= 11 is 0. The lowest BCUT2D eigenvalue weighted by molar-refractivity contribution is -0.170. The SMILES string of the molecule is COC(=O)C1=C[C@H](N)[C@@H](C)[C@H]([C@H](O)[C@H]2COC(C)(C)O2)O1. The highest BCUT2D eigenvalue weighted by molar-refractivity contribution is 5.86. The summed E-state index contributed by atoms with van der Waals surface area (Å²) in [6.45, 7) is 5.66. The van der Waals surface area contributed by atoms with Crippen LogP contribution in [0, 0.1) is 5.92 Å². The van der Waals surface area contributed by atoms with Crippen LogP contribution in [0.15, 0.2) is 11.8 Å². The lowest BCUT2D eigenvalue weighted by Crippen LogP contribution is -2.51. The largest absolute Gasteiger partial charge is 0.480 e. The Hall–Kier alpha value is -1.15. The summed E-state index contributed by atoms with van der Waals surface area (Å²) in [5.74, 6) is -1.52. The molecular formula is C14H23NO6. The Bertz CT molecular complexity index is 435. The maximum Gasteiger partial charge on any atom is 0.373 e. The average Bonchev–Trinajstić information content (AvgIpc) is 2.80. The van der Waals surface area contributed by atoms with Crippen LogP contribution >= 0.6 is 0 Å². The first-order chi connectivity index (χ1) is 9.75. The molecule has 21 heavy (non-hydrogen) atoms. The Balaban J connectivity index is 2.12. The normalized spacial score (nSPS) is 36.6. The fraction of sp³-hybridized carbons (Fsp3) is 0.786. The Labute approximate surface area is 124 Å². The van der Waals surface area contributed by atoms with Gasteiger partial charge >= 0.3 is 5.97 Å². The summed E-state index contributed by atoms with van der Waals surface area (Å²) in [5, 5.41) is 10.5. The van der Waals surface area contributed by atoms with Crippen molar-refractivity contribution in [2.75, 3.05) is 13.7 Å². The second kappa shape index (κ2) is 5.92. The van der Waals surface area contributed by atoms with Gasteiger partial charge in [0, 0.05) is 12.0 Å². The number of rotatable bonds is 3. The highest BCUT2D eigenvalue weighted by Crippen LogP contribution is 2.31. The zero-order valence-electron chi connectivity index (χ0n) is 12.7. The fourth-order valence-corrected chi connectivity index (χ4v) is 2.53. The van der Waals surface area contributed by atoms with Gasteiger partial charge in [-0.1, -0.05) is 6.92 Å². The Morgan fingerprint density at radius 2 is 2.24 bits per heavy atom. The molecule has 0 aromatic carbocycles. The van der Waals surface area contributed by atoms with E-state index in [4.69, 9.17) is 19.9 Å². The number of methoxy groups -OCH3 is 1. The first-order valence-electron chi connectivity index (χ1n) is 6.97. The number of ether oxygens (including phenoxy) is 4. The number of carbonyl (C=O) groups excluding carboxylic acids is 1. The van der Waals surface area contributed by atoms with E-state index in [1.165, 1.54) is 13.2 Å². The molecule has 5 atom stereocenters. The van der Waals surface area contributed by atoms with E-state index in [0.29, 0.717) is 0 Å². The van der Waals surface area contributed by atoms with Crippen LogP contribution in [0.4, 0.5) is 0 Å². The first kappa shape index (κ1) is 16.2. The third-order valence-corrected chi connectivity index (χ3v) is 3.87. The molecule has 0 unspecified atom stereocenters. The van der Waals surface area contributed by atoms with Crippen LogP contribution in [0.1, 0.15) is 20.8 Å². The summed E-state index contributed by atoms with van der Waals surface area (Å²) < 4.78 is 21.3. The second-order valence-corrected chi connectivity index (χ2v) is 5.90. The lowest BCUT2D eigenvalue weighted by Gasteiger charge is -2.37. The minimum absolute atomic E-state index is 0.0188. The van der Waals surface area contributed by atoms with Crippen LogP contribution in [0.3, 0.4) is 0 Å². The van der Waals surface area contributed by atoms with Gasteiger partial charge in [0.05, 0.1) is 13.7 Å². The lowest BCUT2D eigenvalue weighted by atomic mass is 9.88. The van der Waals surface area contributed by atoms with Crippen LogP contribution in [-0.4, -0.2) is 54.9 Å². The average molecular weight is 301 g/mol. The van der Waals surface area contributed by atoms with E-state index >= 15 is 0 Å². The third-order valence-electron chi connectivity index (χ3n) is 3.87. The quantitative estimate of drug-likeness (QED) is 0.703. The van der Waals surface area contributed by atoms with Crippen molar-refractivity contribution in [3.8, 4) is 0 Å². The van der Waals surface area contributed by atoms with Gasteiger partial charge in [-0.25, -0.2) is 4.79 Å². The number of aliphatic hydroxyl groups excluding tert-OH is 1. The van der Waals surface area contributed by atoms with E-state index in [1.54, 1.807) is 13.8 Å². The first-order valence-corrected chi connectivity index (χ1v) is 6.97. The van der Waals surface area contributed by atoms with Crippen molar-refractivity contribution in [3.05, 3.63) is 11.8 Å². The molecule has 0 amide bonds. The van der Waals surface area contributed by atoms with Gasteiger partial charge in [0.2, 0.25) is 5.76 Å². The number of carbonyl (C=O) groups is 1. The molecule has 7 nitrogen and oxygen atoms in total. The summed E-state index contributed by atoms with van der Waals surface area (Å²) in [6.07, 6.45) is -0.644. The molecule has 0 bridgehead atoms. The Morgan fingerprint density at radius 3 is 2.76 bits per heavy atom. The number of aliphatic hydroxyl groups is 1. The summed E-state index contributed by atoms with van der Waals surface area (Å²) in [5.41, 5.74) is 5.99. The molecule has 2 rings (SSSR count). The molecule has 2 aliphatic rings. The number of hydrogen-bond acceptors (Lipinski definition) is 7. The van der Waals surface area contributed by atoms with Crippen molar-refractivity contribution < 1.29 is 28.8 Å². The second-order valence-electron chi connectivity index (χ2n) is 5.90. The molecule has 0 spiro atoms. The number of esters is 1. The molecule has 7 heteroatoms. The molecule has 1 saturated heterocycles.